The molecule has 140 valence electrons. The third kappa shape index (κ3) is 4.86. The van der Waals surface area contributed by atoms with Gasteiger partial charge in [-0.05, 0) is 30.7 Å². The van der Waals surface area contributed by atoms with Gasteiger partial charge in [0.2, 0.25) is 5.91 Å². The highest BCUT2D eigenvalue weighted by molar-refractivity contribution is 6.30. The van der Waals surface area contributed by atoms with E-state index in [1.165, 1.54) is 16.7 Å². The van der Waals surface area contributed by atoms with Crippen molar-refractivity contribution in [2.75, 3.05) is 5.32 Å². The van der Waals surface area contributed by atoms with Crippen LogP contribution in [0.4, 0.5) is 5.69 Å². The lowest BCUT2D eigenvalue weighted by Gasteiger charge is -2.12. The lowest BCUT2D eigenvalue weighted by Crippen LogP contribution is -2.16. The summed E-state index contributed by atoms with van der Waals surface area (Å²) in [7, 11) is 0. The van der Waals surface area contributed by atoms with E-state index in [0.29, 0.717) is 34.2 Å². The maximum Gasteiger partial charge on any atom is 0.258 e. The Morgan fingerprint density at radius 3 is 2.89 bits per heavy atom. The van der Waals surface area contributed by atoms with Gasteiger partial charge in [0.1, 0.15) is 18.0 Å². The van der Waals surface area contributed by atoms with E-state index >= 15 is 0 Å². The van der Waals surface area contributed by atoms with Gasteiger partial charge in [-0.1, -0.05) is 37.1 Å². The van der Waals surface area contributed by atoms with Crippen molar-refractivity contribution in [3.8, 4) is 5.75 Å². The number of pyridine rings is 1. The molecule has 0 radical (unpaired) electrons. The zero-order valence-corrected chi connectivity index (χ0v) is 15.7. The minimum Gasteiger partial charge on any atom is -0.485 e. The number of unbranched alkanes of at least 4 members (excludes halogenated alkanes) is 1. The zero-order chi connectivity index (χ0) is 19.2. The number of halogens is 1. The SMILES string of the molecule is CCCCC(=O)Nc1ccccc1OCc1cc(=O)n2cc(Cl)ccc2n1. The van der Waals surface area contributed by atoms with Gasteiger partial charge < -0.3 is 10.1 Å². The summed E-state index contributed by atoms with van der Waals surface area (Å²) in [5.41, 5.74) is 1.35. The number of fused-ring (bicyclic) bond motifs is 1. The molecule has 0 atom stereocenters. The van der Waals surface area contributed by atoms with Crippen LogP contribution >= 0.6 is 11.6 Å². The monoisotopic (exact) mass is 385 g/mol. The van der Waals surface area contributed by atoms with Crippen LogP contribution in [0, 0.1) is 0 Å². The average Bonchev–Trinajstić information content (AvgIpc) is 2.66. The fourth-order valence-corrected chi connectivity index (χ4v) is 2.76. The number of nitrogens with zero attached hydrogens (tertiary/aromatic N) is 2. The van der Waals surface area contributed by atoms with Crippen molar-refractivity contribution in [2.24, 2.45) is 0 Å². The Bertz CT molecular complexity index is 1020. The van der Waals surface area contributed by atoms with Crippen molar-refractivity contribution >= 4 is 28.8 Å². The Kier molecular flexibility index (Phi) is 6.08. The topological polar surface area (TPSA) is 72.7 Å². The lowest BCUT2D eigenvalue weighted by atomic mass is 10.2. The van der Waals surface area contributed by atoms with Gasteiger partial charge in [0, 0.05) is 18.7 Å². The number of amides is 1. The number of para-hydroxylation sites is 2. The van der Waals surface area contributed by atoms with Gasteiger partial charge in [-0.3, -0.25) is 14.0 Å². The van der Waals surface area contributed by atoms with Crippen LogP contribution in [-0.4, -0.2) is 15.3 Å². The van der Waals surface area contributed by atoms with Crippen molar-refractivity contribution in [3.05, 3.63) is 69.7 Å². The molecule has 0 aliphatic carbocycles. The first kappa shape index (κ1) is 18.9. The molecule has 2 aromatic heterocycles. The molecule has 0 aliphatic heterocycles. The van der Waals surface area contributed by atoms with E-state index in [0.717, 1.165) is 12.8 Å². The van der Waals surface area contributed by atoms with Crippen LogP contribution in [0.2, 0.25) is 5.02 Å². The number of carbonyl (C=O) groups is 1. The zero-order valence-electron chi connectivity index (χ0n) is 14.9. The average molecular weight is 386 g/mol. The summed E-state index contributed by atoms with van der Waals surface area (Å²) in [5.74, 6) is 0.479. The number of nitrogens with one attached hydrogen (secondary N) is 1. The molecule has 1 amide bonds. The van der Waals surface area contributed by atoms with Gasteiger partial charge in [-0.15, -0.1) is 0 Å². The first-order chi connectivity index (χ1) is 13.1. The molecule has 0 fully saturated rings. The van der Waals surface area contributed by atoms with Crippen LogP contribution in [0.15, 0.2) is 53.5 Å². The van der Waals surface area contributed by atoms with Crippen LogP contribution in [-0.2, 0) is 11.4 Å². The second-order valence-electron chi connectivity index (χ2n) is 6.10. The number of benzene rings is 1. The quantitative estimate of drug-likeness (QED) is 0.665. The van der Waals surface area contributed by atoms with Gasteiger partial charge >= 0.3 is 0 Å². The highest BCUT2D eigenvalue weighted by atomic mass is 35.5. The Hall–Kier alpha value is -2.86. The highest BCUT2D eigenvalue weighted by Gasteiger charge is 2.09. The fraction of sp³-hybridized carbons (Fsp3) is 0.250. The number of ether oxygens (including phenoxy) is 1. The summed E-state index contributed by atoms with van der Waals surface area (Å²) in [6.07, 6.45) is 3.79. The van der Waals surface area contributed by atoms with Gasteiger partial charge in [0.05, 0.1) is 16.4 Å². The third-order valence-electron chi connectivity index (χ3n) is 3.97. The minimum absolute atomic E-state index is 0.0492. The van der Waals surface area contributed by atoms with E-state index in [9.17, 15) is 9.59 Å². The molecule has 2 heterocycles. The Morgan fingerprint density at radius 1 is 1.26 bits per heavy atom. The molecule has 3 aromatic rings. The van der Waals surface area contributed by atoms with Crippen LogP contribution in [0.3, 0.4) is 0 Å². The van der Waals surface area contributed by atoms with E-state index < -0.39 is 0 Å². The first-order valence-corrected chi connectivity index (χ1v) is 9.14. The molecule has 7 heteroatoms. The van der Waals surface area contributed by atoms with Crippen LogP contribution in [0.1, 0.15) is 31.9 Å². The Balaban J connectivity index is 1.75. The van der Waals surface area contributed by atoms with Crippen LogP contribution in [0.25, 0.3) is 5.65 Å². The summed E-state index contributed by atoms with van der Waals surface area (Å²) in [5, 5.41) is 3.33. The normalized spacial score (nSPS) is 10.7. The molecule has 3 rings (SSSR count). The van der Waals surface area contributed by atoms with Gasteiger partial charge in [-0.25, -0.2) is 4.98 Å². The lowest BCUT2D eigenvalue weighted by molar-refractivity contribution is -0.116. The maximum atomic E-state index is 12.2. The molecule has 0 aliphatic rings. The van der Waals surface area contributed by atoms with Gasteiger partial charge in [0.15, 0.2) is 0 Å². The summed E-state index contributed by atoms with van der Waals surface area (Å²) in [4.78, 5) is 28.6. The molecule has 1 aromatic carbocycles. The maximum absolute atomic E-state index is 12.2. The van der Waals surface area contributed by atoms with E-state index in [-0.39, 0.29) is 18.1 Å². The molecule has 27 heavy (non-hydrogen) atoms. The molecule has 0 bridgehead atoms. The Morgan fingerprint density at radius 2 is 2.07 bits per heavy atom. The molecular formula is C20H20ClN3O3. The molecule has 0 saturated carbocycles. The molecule has 1 N–H and O–H groups in total. The van der Waals surface area contributed by atoms with E-state index in [4.69, 9.17) is 16.3 Å². The molecule has 0 unspecified atom stereocenters. The minimum atomic E-state index is -0.234. The predicted molar refractivity (Wildman–Crippen MR) is 105 cm³/mol. The third-order valence-corrected chi connectivity index (χ3v) is 4.19. The number of anilines is 1. The largest absolute Gasteiger partial charge is 0.485 e. The van der Waals surface area contributed by atoms with Crippen molar-refractivity contribution in [2.45, 2.75) is 32.8 Å². The molecule has 0 spiro atoms. The summed E-state index contributed by atoms with van der Waals surface area (Å²) < 4.78 is 7.19. The summed E-state index contributed by atoms with van der Waals surface area (Å²) in [6.45, 7) is 2.15. The number of hydrogen-bond acceptors (Lipinski definition) is 4. The van der Waals surface area contributed by atoms with Crippen molar-refractivity contribution in [1.29, 1.82) is 0 Å². The second-order valence-corrected chi connectivity index (χ2v) is 6.53. The second kappa shape index (κ2) is 8.68. The van der Waals surface area contributed by atoms with Crippen molar-refractivity contribution in [3.63, 3.8) is 0 Å². The van der Waals surface area contributed by atoms with Crippen molar-refractivity contribution in [1.82, 2.24) is 9.38 Å². The van der Waals surface area contributed by atoms with E-state index in [1.54, 1.807) is 24.3 Å². The van der Waals surface area contributed by atoms with Gasteiger partial charge in [-0.2, -0.15) is 0 Å². The standard InChI is InChI=1S/C20H20ClN3O3/c1-2-3-8-19(25)23-16-6-4-5-7-17(16)27-13-15-11-20(26)24-12-14(21)9-10-18(24)22-15/h4-7,9-12H,2-3,8,13H2,1H3,(H,23,25). The number of carbonyl (C=O) groups excluding carboxylic acids is 1. The smallest absolute Gasteiger partial charge is 0.258 e. The first-order valence-electron chi connectivity index (χ1n) is 8.76. The number of aromatic nitrogens is 2. The van der Waals surface area contributed by atoms with Gasteiger partial charge in [0.25, 0.3) is 5.56 Å². The molecular weight excluding hydrogens is 366 g/mol. The summed E-state index contributed by atoms with van der Waals surface area (Å²) in [6, 6.07) is 12.0. The predicted octanol–water partition coefficient (Wildman–Crippen LogP) is 4.06. The van der Waals surface area contributed by atoms with Crippen LogP contribution in [0.5, 0.6) is 5.75 Å². The molecule has 0 saturated heterocycles. The molecule has 6 nitrogen and oxygen atoms in total. The van der Waals surface area contributed by atoms with E-state index in [2.05, 4.69) is 10.3 Å². The fourth-order valence-electron chi connectivity index (χ4n) is 2.60. The number of rotatable bonds is 7. The van der Waals surface area contributed by atoms with E-state index in [1.807, 2.05) is 19.1 Å². The Labute approximate surface area is 161 Å². The van der Waals surface area contributed by atoms with Crippen LogP contribution < -0.4 is 15.6 Å². The summed E-state index contributed by atoms with van der Waals surface area (Å²) >= 11 is 5.92. The highest BCUT2D eigenvalue weighted by Crippen LogP contribution is 2.25. The number of hydrogen-bond donors (Lipinski definition) is 1. The van der Waals surface area contributed by atoms with Crippen molar-refractivity contribution < 1.29 is 9.53 Å².